The van der Waals surface area contributed by atoms with Gasteiger partial charge in [0.2, 0.25) is 5.75 Å². The Morgan fingerprint density at radius 2 is 1.68 bits per heavy atom. The second-order valence-corrected chi connectivity index (χ2v) is 6.05. The fourth-order valence-electron chi connectivity index (χ4n) is 2.86. The SMILES string of the molecule is COc1cccc(OC)c1OCC(=O)NC(C1CC1)C1CC1. The van der Waals surface area contributed by atoms with Gasteiger partial charge in [-0.3, -0.25) is 4.79 Å². The van der Waals surface area contributed by atoms with Gasteiger partial charge in [0.15, 0.2) is 18.1 Å². The van der Waals surface area contributed by atoms with Crippen LogP contribution in [0.1, 0.15) is 25.7 Å². The third-order valence-electron chi connectivity index (χ3n) is 4.32. The van der Waals surface area contributed by atoms with Crippen LogP contribution in [0.25, 0.3) is 0 Å². The first-order valence-electron chi connectivity index (χ1n) is 7.86. The van der Waals surface area contributed by atoms with Crippen LogP contribution in [-0.4, -0.2) is 32.8 Å². The number of carbonyl (C=O) groups is 1. The van der Waals surface area contributed by atoms with Crippen molar-refractivity contribution < 1.29 is 19.0 Å². The Hall–Kier alpha value is -1.91. The van der Waals surface area contributed by atoms with Gasteiger partial charge in [-0.25, -0.2) is 0 Å². The van der Waals surface area contributed by atoms with Gasteiger partial charge in [0, 0.05) is 6.04 Å². The van der Waals surface area contributed by atoms with Crippen molar-refractivity contribution in [2.75, 3.05) is 20.8 Å². The van der Waals surface area contributed by atoms with Crippen LogP contribution in [0.2, 0.25) is 0 Å². The third-order valence-corrected chi connectivity index (χ3v) is 4.32. The molecule has 22 heavy (non-hydrogen) atoms. The highest BCUT2D eigenvalue weighted by Gasteiger charge is 2.42. The monoisotopic (exact) mass is 305 g/mol. The summed E-state index contributed by atoms with van der Waals surface area (Å²) in [6, 6.07) is 5.73. The Balaban J connectivity index is 1.58. The van der Waals surface area contributed by atoms with Gasteiger partial charge in [-0.05, 0) is 49.7 Å². The highest BCUT2D eigenvalue weighted by Crippen LogP contribution is 2.44. The second-order valence-electron chi connectivity index (χ2n) is 6.05. The van der Waals surface area contributed by atoms with Crippen molar-refractivity contribution in [1.29, 1.82) is 0 Å². The second kappa shape index (κ2) is 6.46. The molecule has 120 valence electrons. The van der Waals surface area contributed by atoms with E-state index < -0.39 is 0 Å². The predicted octanol–water partition coefficient (Wildman–Crippen LogP) is 2.39. The standard InChI is InChI=1S/C17H23NO4/c1-20-13-4-3-5-14(21-2)17(13)22-10-15(19)18-16(11-6-7-11)12-8-9-12/h3-5,11-12,16H,6-10H2,1-2H3,(H,18,19). The van der Waals surface area contributed by atoms with E-state index in [0.29, 0.717) is 35.1 Å². The highest BCUT2D eigenvalue weighted by molar-refractivity contribution is 5.78. The smallest absolute Gasteiger partial charge is 0.258 e. The summed E-state index contributed by atoms with van der Waals surface area (Å²) < 4.78 is 16.2. The molecule has 2 saturated carbocycles. The van der Waals surface area contributed by atoms with Crippen LogP contribution in [0.15, 0.2) is 18.2 Å². The number of hydrogen-bond acceptors (Lipinski definition) is 4. The van der Waals surface area contributed by atoms with E-state index in [1.807, 2.05) is 6.07 Å². The van der Waals surface area contributed by atoms with E-state index in [4.69, 9.17) is 14.2 Å². The number of amides is 1. The highest BCUT2D eigenvalue weighted by atomic mass is 16.5. The Kier molecular flexibility index (Phi) is 4.41. The molecule has 0 bridgehead atoms. The van der Waals surface area contributed by atoms with Crippen molar-refractivity contribution in [1.82, 2.24) is 5.32 Å². The molecule has 0 unspecified atom stereocenters. The predicted molar refractivity (Wildman–Crippen MR) is 82.4 cm³/mol. The largest absolute Gasteiger partial charge is 0.493 e. The lowest BCUT2D eigenvalue weighted by Gasteiger charge is -2.18. The molecule has 0 saturated heterocycles. The lowest BCUT2D eigenvalue weighted by atomic mass is 10.1. The maximum atomic E-state index is 12.2. The molecule has 1 N–H and O–H groups in total. The zero-order chi connectivity index (χ0) is 15.5. The van der Waals surface area contributed by atoms with Crippen LogP contribution in [0.5, 0.6) is 17.2 Å². The number of rotatable bonds is 8. The number of para-hydroxylation sites is 1. The summed E-state index contributed by atoms with van der Waals surface area (Å²) >= 11 is 0. The van der Waals surface area contributed by atoms with E-state index >= 15 is 0 Å². The number of benzene rings is 1. The minimum absolute atomic E-state index is 0.0212. The zero-order valence-corrected chi connectivity index (χ0v) is 13.1. The van der Waals surface area contributed by atoms with Crippen LogP contribution in [0.3, 0.4) is 0 Å². The maximum absolute atomic E-state index is 12.2. The van der Waals surface area contributed by atoms with Crippen molar-refractivity contribution in [2.24, 2.45) is 11.8 Å². The van der Waals surface area contributed by atoms with Gasteiger partial charge < -0.3 is 19.5 Å². The molecule has 1 aromatic carbocycles. The van der Waals surface area contributed by atoms with Crippen molar-refractivity contribution in [2.45, 2.75) is 31.7 Å². The molecule has 0 spiro atoms. The molecule has 0 aliphatic heterocycles. The van der Waals surface area contributed by atoms with E-state index in [0.717, 1.165) is 0 Å². The molecule has 1 amide bonds. The van der Waals surface area contributed by atoms with E-state index in [1.54, 1.807) is 26.4 Å². The molecule has 2 fully saturated rings. The molecule has 1 aromatic rings. The van der Waals surface area contributed by atoms with Crippen LogP contribution in [-0.2, 0) is 4.79 Å². The molecule has 0 heterocycles. The summed E-state index contributed by atoms with van der Waals surface area (Å²) in [4.78, 5) is 12.2. The Morgan fingerprint density at radius 3 is 2.14 bits per heavy atom. The molecular weight excluding hydrogens is 282 g/mol. The number of nitrogens with one attached hydrogen (secondary N) is 1. The van der Waals surface area contributed by atoms with Crippen molar-refractivity contribution in [3.05, 3.63) is 18.2 Å². The number of ether oxygens (including phenoxy) is 3. The number of hydrogen-bond donors (Lipinski definition) is 1. The normalized spacial score (nSPS) is 17.2. The van der Waals surface area contributed by atoms with E-state index in [9.17, 15) is 4.79 Å². The number of methoxy groups -OCH3 is 2. The van der Waals surface area contributed by atoms with Gasteiger partial charge >= 0.3 is 0 Å². The van der Waals surface area contributed by atoms with Crippen molar-refractivity contribution >= 4 is 5.91 Å². The lowest BCUT2D eigenvalue weighted by molar-refractivity contribution is -0.124. The summed E-state index contributed by atoms with van der Waals surface area (Å²) in [5.74, 6) is 2.88. The summed E-state index contributed by atoms with van der Waals surface area (Å²) in [6.45, 7) is -0.0212. The molecule has 3 rings (SSSR count). The van der Waals surface area contributed by atoms with Crippen LogP contribution < -0.4 is 19.5 Å². The van der Waals surface area contributed by atoms with Crippen LogP contribution in [0, 0.1) is 11.8 Å². The molecule has 0 aromatic heterocycles. The third kappa shape index (κ3) is 3.46. The molecular formula is C17H23NO4. The van der Waals surface area contributed by atoms with E-state index in [1.165, 1.54) is 25.7 Å². The average molecular weight is 305 g/mol. The first kappa shape index (κ1) is 15.0. The minimum Gasteiger partial charge on any atom is -0.493 e. The molecule has 5 nitrogen and oxygen atoms in total. The zero-order valence-electron chi connectivity index (χ0n) is 13.1. The Labute approximate surface area is 130 Å². The molecule has 0 radical (unpaired) electrons. The van der Waals surface area contributed by atoms with Crippen molar-refractivity contribution in [3.8, 4) is 17.2 Å². The Morgan fingerprint density at radius 1 is 1.14 bits per heavy atom. The van der Waals surface area contributed by atoms with Gasteiger partial charge in [0.25, 0.3) is 5.91 Å². The molecule has 2 aliphatic carbocycles. The topological polar surface area (TPSA) is 56.8 Å². The number of carbonyl (C=O) groups excluding carboxylic acids is 1. The first-order chi connectivity index (χ1) is 10.7. The fraction of sp³-hybridized carbons (Fsp3) is 0.588. The summed E-state index contributed by atoms with van der Waals surface area (Å²) in [6.07, 6.45) is 4.95. The van der Waals surface area contributed by atoms with E-state index in [2.05, 4.69) is 5.32 Å². The maximum Gasteiger partial charge on any atom is 0.258 e. The minimum atomic E-state index is -0.0724. The Bertz CT molecular complexity index is 503. The van der Waals surface area contributed by atoms with Gasteiger partial charge in [0.1, 0.15) is 0 Å². The van der Waals surface area contributed by atoms with Crippen molar-refractivity contribution in [3.63, 3.8) is 0 Å². The van der Waals surface area contributed by atoms with Gasteiger partial charge in [-0.15, -0.1) is 0 Å². The summed E-state index contributed by atoms with van der Waals surface area (Å²) in [5.41, 5.74) is 0. The fourth-order valence-corrected chi connectivity index (χ4v) is 2.86. The van der Waals surface area contributed by atoms with Gasteiger partial charge in [-0.2, -0.15) is 0 Å². The van der Waals surface area contributed by atoms with Gasteiger partial charge in [-0.1, -0.05) is 6.07 Å². The van der Waals surface area contributed by atoms with Gasteiger partial charge in [0.05, 0.1) is 14.2 Å². The summed E-state index contributed by atoms with van der Waals surface area (Å²) in [5, 5.41) is 3.14. The summed E-state index contributed by atoms with van der Waals surface area (Å²) in [7, 11) is 3.13. The quantitative estimate of drug-likeness (QED) is 0.801. The van der Waals surface area contributed by atoms with E-state index in [-0.39, 0.29) is 12.5 Å². The molecule has 5 heteroatoms. The molecule has 0 atom stereocenters. The first-order valence-corrected chi connectivity index (χ1v) is 7.86. The molecule has 2 aliphatic rings. The van der Waals surface area contributed by atoms with Crippen LogP contribution >= 0.6 is 0 Å². The lowest BCUT2D eigenvalue weighted by Crippen LogP contribution is -2.40. The van der Waals surface area contributed by atoms with Crippen LogP contribution in [0.4, 0.5) is 0 Å². The average Bonchev–Trinajstić information content (AvgIpc) is 3.41.